The second-order valence-electron chi connectivity index (χ2n) is 5.05. The number of rotatable bonds is 3. The molecule has 2 rings (SSSR count). The molecule has 0 aliphatic carbocycles. The maximum Gasteiger partial charge on any atom is 0.357 e. The molecule has 0 saturated heterocycles. The Morgan fingerprint density at radius 1 is 1.35 bits per heavy atom. The van der Waals surface area contributed by atoms with Crippen LogP contribution in [-0.2, 0) is 4.74 Å². The SMILES string of the molecule is COC(=O)c1nc(-c2ccc(Cl)c(N(C)C)c2F)nc(N)c1C. The highest BCUT2D eigenvalue weighted by Crippen LogP contribution is 2.34. The predicted octanol–water partition coefficient (Wildman–Crippen LogP) is 2.68. The van der Waals surface area contributed by atoms with E-state index in [1.165, 1.54) is 19.2 Å². The first kappa shape index (κ1) is 17.0. The lowest BCUT2D eigenvalue weighted by Crippen LogP contribution is -2.14. The van der Waals surface area contributed by atoms with E-state index >= 15 is 0 Å². The Labute approximate surface area is 138 Å². The van der Waals surface area contributed by atoms with Crippen molar-refractivity contribution in [1.29, 1.82) is 0 Å². The molecule has 0 radical (unpaired) electrons. The first-order valence-electron chi connectivity index (χ1n) is 6.66. The van der Waals surface area contributed by atoms with E-state index < -0.39 is 11.8 Å². The molecular formula is C15H16ClFN4O2. The lowest BCUT2D eigenvalue weighted by atomic mass is 10.1. The molecule has 0 saturated carbocycles. The Kier molecular flexibility index (Phi) is 4.70. The van der Waals surface area contributed by atoms with Crippen LogP contribution in [-0.4, -0.2) is 37.1 Å². The van der Waals surface area contributed by atoms with Gasteiger partial charge in [0.25, 0.3) is 0 Å². The molecule has 0 bridgehead atoms. The van der Waals surface area contributed by atoms with E-state index in [0.29, 0.717) is 5.56 Å². The lowest BCUT2D eigenvalue weighted by Gasteiger charge is -2.17. The van der Waals surface area contributed by atoms with Gasteiger partial charge < -0.3 is 15.4 Å². The summed E-state index contributed by atoms with van der Waals surface area (Å²) in [7, 11) is 4.56. The number of carbonyl (C=O) groups excluding carboxylic acids is 1. The number of hydrogen-bond acceptors (Lipinski definition) is 6. The summed E-state index contributed by atoms with van der Waals surface area (Å²) in [6.45, 7) is 1.59. The smallest absolute Gasteiger partial charge is 0.357 e. The summed E-state index contributed by atoms with van der Waals surface area (Å²) in [5.41, 5.74) is 6.48. The van der Waals surface area contributed by atoms with Gasteiger partial charge in [0.1, 0.15) is 5.82 Å². The van der Waals surface area contributed by atoms with Gasteiger partial charge in [-0.15, -0.1) is 0 Å². The van der Waals surface area contributed by atoms with Gasteiger partial charge in [-0.25, -0.2) is 19.2 Å². The third kappa shape index (κ3) is 3.05. The minimum Gasteiger partial charge on any atom is -0.464 e. The molecule has 122 valence electrons. The average molecular weight is 339 g/mol. The second-order valence-corrected chi connectivity index (χ2v) is 5.46. The summed E-state index contributed by atoms with van der Waals surface area (Å²) in [6, 6.07) is 2.97. The monoisotopic (exact) mass is 338 g/mol. The van der Waals surface area contributed by atoms with Gasteiger partial charge in [-0.2, -0.15) is 0 Å². The first-order chi connectivity index (χ1) is 10.8. The Morgan fingerprint density at radius 3 is 2.57 bits per heavy atom. The van der Waals surface area contributed by atoms with Gasteiger partial charge in [0, 0.05) is 19.7 Å². The summed E-state index contributed by atoms with van der Waals surface area (Å²) in [4.78, 5) is 21.5. The number of carbonyl (C=O) groups is 1. The highest BCUT2D eigenvalue weighted by Gasteiger charge is 2.21. The van der Waals surface area contributed by atoms with E-state index in [1.54, 1.807) is 25.9 Å². The van der Waals surface area contributed by atoms with Crippen LogP contribution in [0.15, 0.2) is 12.1 Å². The highest BCUT2D eigenvalue weighted by atomic mass is 35.5. The molecule has 0 fully saturated rings. The number of ether oxygens (including phenoxy) is 1. The van der Waals surface area contributed by atoms with Gasteiger partial charge in [-0.3, -0.25) is 0 Å². The number of hydrogen-bond donors (Lipinski definition) is 1. The molecule has 0 aliphatic heterocycles. The highest BCUT2D eigenvalue weighted by molar-refractivity contribution is 6.33. The van der Waals surface area contributed by atoms with Crippen LogP contribution in [0.25, 0.3) is 11.4 Å². The van der Waals surface area contributed by atoms with Crippen LogP contribution in [0.1, 0.15) is 16.1 Å². The number of halogens is 2. The molecule has 0 spiro atoms. The minimum atomic E-state index is -0.667. The van der Waals surface area contributed by atoms with E-state index in [4.69, 9.17) is 17.3 Å². The van der Waals surface area contributed by atoms with Crippen LogP contribution in [0.5, 0.6) is 0 Å². The van der Waals surface area contributed by atoms with Crippen LogP contribution in [0.3, 0.4) is 0 Å². The number of nitrogens with zero attached hydrogens (tertiary/aromatic N) is 3. The van der Waals surface area contributed by atoms with Gasteiger partial charge in [-0.05, 0) is 19.1 Å². The largest absolute Gasteiger partial charge is 0.464 e. The van der Waals surface area contributed by atoms with Crippen LogP contribution in [0.4, 0.5) is 15.9 Å². The average Bonchev–Trinajstić information content (AvgIpc) is 2.49. The summed E-state index contributed by atoms with van der Waals surface area (Å²) in [6.07, 6.45) is 0. The number of nitrogens with two attached hydrogens (primary N) is 1. The van der Waals surface area contributed by atoms with Crippen molar-refractivity contribution in [3.05, 3.63) is 34.2 Å². The molecule has 6 nitrogen and oxygen atoms in total. The quantitative estimate of drug-likeness (QED) is 0.866. The lowest BCUT2D eigenvalue weighted by molar-refractivity contribution is 0.0593. The fourth-order valence-corrected chi connectivity index (χ4v) is 2.39. The maximum absolute atomic E-state index is 14.8. The number of benzene rings is 1. The van der Waals surface area contributed by atoms with Crippen molar-refractivity contribution >= 4 is 29.1 Å². The van der Waals surface area contributed by atoms with Crippen LogP contribution in [0, 0.1) is 12.7 Å². The zero-order valence-electron chi connectivity index (χ0n) is 13.1. The zero-order chi connectivity index (χ0) is 17.3. The van der Waals surface area contributed by atoms with Gasteiger partial charge in [-0.1, -0.05) is 11.6 Å². The van der Waals surface area contributed by atoms with Crippen molar-refractivity contribution in [3.63, 3.8) is 0 Å². The van der Waals surface area contributed by atoms with E-state index in [-0.39, 0.29) is 33.6 Å². The molecule has 2 aromatic rings. The molecule has 0 atom stereocenters. The molecule has 0 amide bonds. The maximum atomic E-state index is 14.8. The Balaban J connectivity index is 2.71. The fraction of sp³-hybridized carbons (Fsp3) is 0.267. The molecule has 0 unspecified atom stereocenters. The molecule has 0 aliphatic rings. The van der Waals surface area contributed by atoms with Crippen LogP contribution < -0.4 is 10.6 Å². The topological polar surface area (TPSA) is 81.3 Å². The molecule has 1 heterocycles. The van der Waals surface area contributed by atoms with Gasteiger partial charge >= 0.3 is 5.97 Å². The van der Waals surface area contributed by atoms with Crippen molar-refractivity contribution in [2.75, 3.05) is 31.8 Å². The Bertz CT molecular complexity index is 781. The van der Waals surface area contributed by atoms with Crippen LogP contribution in [0.2, 0.25) is 5.02 Å². The first-order valence-corrected chi connectivity index (χ1v) is 7.03. The minimum absolute atomic E-state index is 0.00393. The van der Waals surface area contributed by atoms with Crippen molar-refractivity contribution in [2.24, 2.45) is 0 Å². The summed E-state index contributed by atoms with van der Waals surface area (Å²) >= 11 is 6.02. The summed E-state index contributed by atoms with van der Waals surface area (Å²) in [5.74, 6) is -1.19. The van der Waals surface area contributed by atoms with Crippen molar-refractivity contribution in [3.8, 4) is 11.4 Å². The molecule has 8 heteroatoms. The molecular weight excluding hydrogens is 323 g/mol. The number of aromatic nitrogens is 2. The fourth-order valence-electron chi connectivity index (χ4n) is 2.07. The number of methoxy groups -OCH3 is 1. The van der Waals surface area contributed by atoms with E-state index in [9.17, 15) is 9.18 Å². The third-order valence-electron chi connectivity index (χ3n) is 3.32. The van der Waals surface area contributed by atoms with E-state index in [2.05, 4.69) is 14.7 Å². The molecule has 2 N–H and O–H groups in total. The van der Waals surface area contributed by atoms with Crippen molar-refractivity contribution in [2.45, 2.75) is 6.92 Å². The number of nitrogen functional groups attached to an aromatic ring is 1. The summed E-state index contributed by atoms with van der Waals surface area (Å²) in [5, 5.41) is 0.254. The summed E-state index contributed by atoms with van der Waals surface area (Å²) < 4.78 is 19.4. The third-order valence-corrected chi connectivity index (χ3v) is 3.62. The van der Waals surface area contributed by atoms with Gasteiger partial charge in [0.2, 0.25) is 0 Å². The zero-order valence-corrected chi connectivity index (χ0v) is 13.9. The van der Waals surface area contributed by atoms with Crippen molar-refractivity contribution in [1.82, 2.24) is 9.97 Å². The molecule has 1 aromatic heterocycles. The Hall–Kier alpha value is -2.41. The van der Waals surface area contributed by atoms with Gasteiger partial charge in [0.05, 0.1) is 23.4 Å². The Morgan fingerprint density at radius 2 is 2.00 bits per heavy atom. The van der Waals surface area contributed by atoms with E-state index in [1.807, 2.05) is 0 Å². The normalized spacial score (nSPS) is 10.5. The number of esters is 1. The van der Waals surface area contributed by atoms with Crippen molar-refractivity contribution < 1.29 is 13.9 Å². The molecule has 1 aromatic carbocycles. The van der Waals surface area contributed by atoms with Gasteiger partial charge in [0.15, 0.2) is 17.3 Å². The standard InChI is InChI=1S/C15H16ClFN4O2/c1-7-11(15(22)23-4)19-14(20-13(7)18)8-5-6-9(16)12(10(8)17)21(2)3/h5-6H,1-4H3,(H2,18,19,20). The number of anilines is 2. The van der Waals surface area contributed by atoms with E-state index in [0.717, 1.165) is 0 Å². The second kappa shape index (κ2) is 6.37. The molecule has 23 heavy (non-hydrogen) atoms. The van der Waals surface area contributed by atoms with Crippen LogP contribution >= 0.6 is 11.6 Å². The predicted molar refractivity (Wildman–Crippen MR) is 87.3 cm³/mol.